The van der Waals surface area contributed by atoms with Gasteiger partial charge in [-0.3, -0.25) is 9.69 Å². The molecule has 1 saturated heterocycles. The van der Waals surface area contributed by atoms with E-state index in [2.05, 4.69) is 34.5 Å². The summed E-state index contributed by atoms with van der Waals surface area (Å²) < 4.78 is 48.1. The van der Waals surface area contributed by atoms with Crippen LogP contribution in [0.4, 0.5) is 8.78 Å². The Bertz CT molecular complexity index is 1230. The van der Waals surface area contributed by atoms with Gasteiger partial charge in [0.15, 0.2) is 0 Å². The summed E-state index contributed by atoms with van der Waals surface area (Å²) in [5, 5.41) is 3.10. The number of amides is 1. The van der Waals surface area contributed by atoms with Gasteiger partial charge in [0.25, 0.3) is 5.91 Å². The van der Waals surface area contributed by atoms with Gasteiger partial charge in [0, 0.05) is 37.3 Å². The molecule has 9 heteroatoms. The molecule has 4 rings (SSSR count). The molecule has 1 aliphatic rings. The van der Waals surface area contributed by atoms with Crippen molar-refractivity contribution in [2.45, 2.75) is 39.3 Å². The van der Waals surface area contributed by atoms with Gasteiger partial charge in [-0.25, -0.2) is 8.78 Å². The highest BCUT2D eigenvalue weighted by Crippen LogP contribution is 2.40. The Balaban J connectivity index is 1.40. The predicted molar refractivity (Wildman–Crippen MR) is 159 cm³/mol. The van der Waals surface area contributed by atoms with Crippen molar-refractivity contribution in [1.29, 1.82) is 0 Å². The first kappa shape index (κ1) is 31.1. The molecule has 1 aliphatic heterocycles. The van der Waals surface area contributed by atoms with E-state index < -0.39 is 13.3 Å². The predicted octanol–water partition coefficient (Wildman–Crippen LogP) is 6.24. The zero-order chi connectivity index (χ0) is 29.7. The van der Waals surface area contributed by atoms with Crippen LogP contribution in [-0.4, -0.2) is 69.7 Å². The fourth-order valence-corrected chi connectivity index (χ4v) is 5.11. The zero-order valence-electron chi connectivity index (χ0n) is 24.4. The maximum atomic E-state index is 13.1. The van der Waals surface area contributed by atoms with Crippen LogP contribution in [0.2, 0.25) is 0 Å². The summed E-state index contributed by atoms with van der Waals surface area (Å²) in [5.74, 6) is 1.95. The van der Waals surface area contributed by atoms with Crippen LogP contribution in [0.15, 0.2) is 60.7 Å². The first-order valence-electron chi connectivity index (χ1n) is 14.6. The number of ether oxygens (including phenoxy) is 4. The number of hydrogen-bond acceptors (Lipinski definition) is 6. The van der Waals surface area contributed by atoms with Gasteiger partial charge in [-0.1, -0.05) is 30.3 Å². The van der Waals surface area contributed by atoms with Crippen LogP contribution in [0.3, 0.4) is 0 Å². The molecule has 1 fully saturated rings. The van der Waals surface area contributed by atoms with Crippen molar-refractivity contribution in [1.82, 2.24) is 10.2 Å². The van der Waals surface area contributed by atoms with E-state index in [9.17, 15) is 13.6 Å². The largest absolute Gasteiger partial charge is 0.493 e. The molecule has 3 aromatic rings. The Labute approximate surface area is 246 Å². The summed E-state index contributed by atoms with van der Waals surface area (Å²) in [6, 6.07) is 19.0. The Hall–Kier alpha value is -3.85. The molecule has 1 heterocycles. The molecular weight excluding hydrogens is 542 g/mol. The Morgan fingerprint density at radius 2 is 1.40 bits per heavy atom. The number of benzene rings is 3. The first-order chi connectivity index (χ1) is 20.5. The minimum absolute atomic E-state index is 0.00203. The van der Waals surface area contributed by atoms with Crippen molar-refractivity contribution in [3.63, 3.8) is 0 Å². The molecule has 0 radical (unpaired) electrons. The molecular formula is C33H40F2N2O5. The Kier molecular flexibility index (Phi) is 11.8. The summed E-state index contributed by atoms with van der Waals surface area (Å²) in [7, 11) is 0. The van der Waals surface area contributed by atoms with Crippen LogP contribution in [0.1, 0.15) is 42.6 Å². The number of rotatable bonds is 15. The average Bonchev–Trinajstić information content (AvgIpc) is 3.00. The maximum Gasteiger partial charge on any atom is 0.251 e. The third-order valence-electron chi connectivity index (χ3n) is 6.95. The van der Waals surface area contributed by atoms with Crippen LogP contribution in [0.25, 0.3) is 11.1 Å². The molecule has 0 aromatic heterocycles. The standard InChI is InChI=1S/C33H40F2N2O5/c1-3-39-30-18-24(19-31(40-4-2)32(30)25-8-6-5-7-9-25)23-37-14-10-27(11-15-37)36-33(38)26-20-28(41-16-12-34)22-29(21-26)42-17-13-35/h5-9,18-22,27H,3-4,10-17,23H2,1-2H3,(H,36,38). The molecule has 226 valence electrons. The van der Waals surface area contributed by atoms with E-state index in [1.54, 1.807) is 12.1 Å². The third-order valence-corrected chi connectivity index (χ3v) is 6.95. The fourth-order valence-electron chi connectivity index (χ4n) is 5.11. The number of halogens is 2. The number of carbonyl (C=O) groups excluding carboxylic acids is 1. The Morgan fingerprint density at radius 3 is 1.93 bits per heavy atom. The van der Waals surface area contributed by atoms with Crippen molar-refractivity contribution >= 4 is 5.91 Å². The van der Waals surface area contributed by atoms with Gasteiger partial charge in [-0.15, -0.1) is 0 Å². The van der Waals surface area contributed by atoms with E-state index in [-0.39, 0.29) is 25.2 Å². The summed E-state index contributed by atoms with van der Waals surface area (Å²) in [4.78, 5) is 15.4. The summed E-state index contributed by atoms with van der Waals surface area (Å²) in [6.45, 7) is 5.81. The van der Waals surface area contributed by atoms with Crippen LogP contribution in [-0.2, 0) is 6.54 Å². The lowest BCUT2D eigenvalue weighted by molar-refractivity contribution is 0.0907. The average molecular weight is 583 g/mol. The smallest absolute Gasteiger partial charge is 0.251 e. The summed E-state index contributed by atoms with van der Waals surface area (Å²) >= 11 is 0. The summed E-state index contributed by atoms with van der Waals surface area (Å²) in [5.41, 5.74) is 3.44. The van der Waals surface area contributed by atoms with Gasteiger partial charge in [-0.05, 0) is 62.1 Å². The van der Waals surface area contributed by atoms with Crippen LogP contribution in [0.5, 0.6) is 23.0 Å². The molecule has 0 bridgehead atoms. The quantitative estimate of drug-likeness (QED) is 0.229. The SMILES string of the molecule is CCOc1cc(CN2CCC(NC(=O)c3cc(OCCF)cc(OCCF)c3)CC2)cc(OCC)c1-c1ccccc1. The minimum atomic E-state index is -0.660. The highest BCUT2D eigenvalue weighted by atomic mass is 19.1. The third kappa shape index (κ3) is 8.58. The van der Waals surface area contributed by atoms with E-state index in [1.165, 1.54) is 6.07 Å². The Morgan fingerprint density at radius 1 is 0.833 bits per heavy atom. The number of piperidine rings is 1. The molecule has 0 atom stereocenters. The van der Waals surface area contributed by atoms with E-state index in [0.29, 0.717) is 30.3 Å². The number of carbonyl (C=O) groups is 1. The molecule has 1 amide bonds. The van der Waals surface area contributed by atoms with E-state index >= 15 is 0 Å². The lowest BCUT2D eigenvalue weighted by atomic mass is 9.99. The molecule has 0 aliphatic carbocycles. The van der Waals surface area contributed by atoms with Crippen molar-refractivity contribution in [2.75, 3.05) is 52.9 Å². The van der Waals surface area contributed by atoms with E-state index in [1.807, 2.05) is 32.0 Å². The van der Waals surface area contributed by atoms with Gasteiger partial charge in [0.1, 0.15) is 49.6 Å². The van der Waals surface area contributed by atoms with Crippen molar-refractivity contribution in [3.8, 4) is 34.1 Å². The van der Waals surface area contributed by atoms with Gasteiger partial charge in [0.2, 0.25) is 0 Å². The monoisotopic (exact) mass is 582 g/mol. The van der Waals surface area contributed by atoms with Gasteiger partial charge < -0.3 is 24.3 Å². The van der Waals surface area contributed by atoms with Crippen LogP contribution in [0, 0.1) is 0 Å². The second-order valence-corrected chi connectivity index (χ2v) is 9.99. The molecule has 0 unspecified atom stereocenters. The topological polar surface area (TPSA) is 69.3 Å². The lowest BCUT2D eigenvalue weighted by Crippen LogP contribution is -2.44. The highest BCUT2D eigenvalue weighted by Gasteiger charge is 2.23. The molecule has 1 N–H and O–H groups in total. The first-order valence-corrected chi connectivity index (χ1v) is 14.6. The van der Waals surface area contributed by atoms with E-state index in [4.69, 9.17) is 18.9 Å². The normalized spacial score (nSPS) is 13.9. The maximum absolute atomic E-state index is 13.1. The van der Waals surface area contributed by atoms with Crippen molar-refractivity contribution < 1.29 is 32.5 Å². The molecule has 42 heavy (non-hydrogen) atoms. The second-order valence-electron chi connectivity index (χ2n) is 9.99. The van der Waals surface area contributed by atoms with Crippen LogP contribution < -0.4 is 24.3 Å². The number of alkyl halides is 2. The zero-order valence-corrected chi connectivity index (χ0v) is 24.4. The number of likely N-dealkylation sites (tertiary alicyclic amines) is 1. The van der Waals surface area contributed by atoms with E-state index in [0.717, 1.165) is 60.7 Å². The highest BCUT2D eigenvalue weighted by molar-refractivity contribution is 5.95. The lowest BCUT2D eigenvalue weighted by Gasteiger charge is -2.32. The van der Waals surface area contributed by atoms with Crippen molar-refractivity contribution in [2.24, 2.45) is 0 Å². The minimum Gasteiger partial charge on any atom is -0.493 e. The van der Waals surface area contributed by atoms with Gasteiger partial charge >= 0.3 is 0 Å². The van der Waals surface area contributed by atoms with Gasteiger partial charge in [-0.2, -0.15) is 0 Å². The van der Waals surface area contributed by atoms with Crippen LogP contribution >= 0.6 is 0 Å². The fraction of sp³-hybridized carbons (Fsp3) is 0.424. The molecule has 0 saturated carbocycles. The number of hydrogen-bond donors (Lipinski definition) is 1. The number of nitrogens with one attached hydrogen (secondary N) is 1. The van der Waals surface area contributed by atoms with Gasteiger partial charge in [0.05, 0.1) is 18.8 Å². The number of nitrogens with zero attached hydrogens (tertiary/aromatic N) is 1. The van der Waals surface area contributed by atoms with Crippen molar-refractivity contribution in [3.05, 3.63) is 71.8 Å². The summed E-state index contributed by atoms with van der Waals surface area (Å²) in [6.07, 6.45) is 1.57. The second kappa shape index (κ2) is 16.0. The molecule has 3 aromatic carbocycles. The molecule has 7 nitrogen and oxygen atoms in total. The molecule has 0 spiro atoms.